The molecule has 0 radical (unpaired) electrons. The van der Waals surface area contributed by atoms with Gasteiger partial charge in [0.25, 0.3) is 0 Å². The van der Waals surface area contributed by atoms with Crippen LogP contribution in [0.2, 0.25) is 0 Å². The highest BCUT2D eigenvalue weighted by Gasteiger charge is 2.32. The Labute approximate surface area is 189 Å². The van der Waals surface area contributed by atoms with Crippen molar-refractivity contribution in [2.45, 2.75) is 63.5 Å². The Morgan fingerprint density at radius 3 is 2.72 bits per heavy atom. The molecule has 7 heteroatoms. The summed E-state index contributed by atoms with van der Waals surface area (Å²) >= 11 is 0. The highest BCUT2D eigenvalue weighted by Crippen LogP contribution is 2.22. The molecule has 2 heterocycles. The molecule has 1 aromatic carbocycles. The van der Waals surface area contributed by atoms with E-state index in [2.05, 4.69) is 5.32 Å². The van der Waals surface area contributed by atoms with Crippen molar-refractivity contribution in [3.63, 3.8) is 0 Å². The van der Waals surface area contributed by atoms with Crippen molar-refractivity contribution in [3.8, 4) is 0 Å². The molecule has 2 aliphatic rings. The summed E-state index contributed by atoms with van der Waals surface area (Å²) in [7, 11) is 0. The molecule has 2 N–H and O–H groups in total. The van der Waals surface area contributed by atoms with E-state index in [0.717, 1.165) is 37.7 Å². The Morgan fingerprint density at radius 1 is 1.12 bits per heavy atom. The smallest absolute Gasteiger partial charge is 0.305 e. The number of benzene rings is 1. The topological polar surface area (TPSA) is 95.9 Å². The molecule has 2 aliphatic heterocycles. The summed E-state index contributed by atoms with van der Waals surface area (Å²) in [5, 5.41) is 12.6. The fourth-order valence-electron chi connectivity index (χ4n) is 4.32. The third-order valence-electron chi connectivity index (χ3n) is 6.22. The van der Waals surface area contributed by atoms with Gasteiger partial charge in [-0.15, -0.1) is 0 Å². The number of aliphatic hydroxyl groups excluding tert-OH is 1. The second kappa shape index (κ2) is 12.4. The molecule has 2 amide bonds. The van der Waals surface area contributed by atoms with Gasteiger partial charge >= 0.3 is 5.97 Å². The van der Waals surface area contributed by atoms with E-state index in [9.17, 15) is 19.5 Å². The number of esters is 1. The minimum atomic E-state index is -0.524. The van der Waals surface area contributed by atoms with Crippen LogP contribution in [-0.4, -0.2) is 53.6 Å². The van der Waals surface area contributed by atoms with Gasteiger partial charge in [0.05, 0.1) is 24.6 Å². The van der Waals surface area contributed by atoms with Crippen LogP contribution < -0.4 is 5.32 Å². The Hall–Kier alpha value is -2.67. The number of nitrogens with one attached hydrogen (secondary N) is 1. The van der Waals surface area contributed by atoms with Gasteiger partial charge in [0.2, 0.25) is 11.8 Å². The maximum Gasteiger partial charge on any atom is 0.305 e. The lowest BCUT2D eigenvalue weighted by Crippen LogP contribution is -2.42. The molecule has 32 heavy (non-hydrogen) atoms. The van der Waals surface area contributed by atoms with E-state index in [1.165, 1.54) is 0 Å². The lowest BCUT2D eigenvalue weighted by molar-refractivity contribution is -0.145. The number of rotatable bonds is 4. The number of cyclic esters (lactones) is 1. The second-order valence-electron chi connectivity index (χ2n) is 8.57. The summed E-state index contributed by atoms with van der Waals surface area (Å²) in [6.07, 6.45) is 9.01. The first-order valence-corrected chi connectivity index (χ1v) is 11.6. The normalized spacial score (nSPS) is 25.7. The fourth-order valence-corrected chi connectivity index (χ4v) is 4.32. The van der Waals surface area contributed by atoms with Crippen LogP contribution in [0.1, 0.15) is 63.0 Å². The summed E-state index contributed by atoms with van der Waals surface area (Å²) in [6.45, 7) is 0.630. The van der Waals surface area contributed by atoms with Crippen LogP contribution in [0.25, 0.3) is 0 Å². The predicted octanol–water partition coefficient (Wildman–Crippen LogP) is 2.90. The summed E-state index contributed by atoms with van der Waals surface area (Å²) in [5.74, 6) is -1.12. The number of likely N-dealkylation sites (tertiary alicyclic amines) is 1. The summed E-state index contributed by atoms with van der Waals surface area (Å²) in [4.78, 5) is 40.0. The largest absolute Gasteiger partial charge is 0.463 e. The summed E-state index contributed by atoms with van der Waals surface area (Å²) in [5.41, 5.74) is 0.848. The minimum absolute atomic E-state index is 0.0516. The van der Waals surface area contributed by atoms with Gasteiger partial charge in [-0.3, -0.25) is 14.4 Å². The quantitative estimate of drug-likeness (QED) is 0.552. The Kier molecular flexibility index (Phi) is 9.28. The Bertz CT molecular complexity index is 795. The van der Waals surface area contributed by atoms with Crippen molar-refractivity contribution in [2.75, 3.05) is 19.8 Å². The number of carbonyl (C=O) groups is 3. The molecular formula is C25H34N2O5. The van der Waals surface area contributed by atoms with Crippen LogP contribution >= 0.6 is 0 Å². The van der Waals surface area contributed by atoms with Gasteiger partial charge in [-0.2, -0.15) is 0 Å². The van der Waals surface area contributed by atoms with Gasteiger partial charge in [-0.1, -0.05) is 42.5 Å². The van der Waals surface area contributed by atoms with E-state index < -0.39 is 12.0 Å². The molecule has 3 unspecified atom stereocenters. The fraction of sp³-hybridized carbons (Fsp3) is 0.560. The van der Waals surface area contributed by atoms with Gasteiger partial charge in [0, 0.05) is 19.4 Å². The van der Waals surface area contributed by atoms with Gasteiger partial charge in [-0.25, -0.2) is 0 Å². The van der Waals surface area contributed by atoms with Crippen molar-refractivity contribution in [1.82, 2.24) is 10.2 Å². The number of carbonyl (C=O) groups excluding carboxylic acids is 3. The molecule has 0 spiro atoms. The van der Waals surface area contributed by atoms with Crippen molar-refractivity contribution in [2.24, 2.45) is 5.92 Å². The molecule has 1 saturated heterocycles. The Morgan fingerprint density at radius 2 is 1.94 bits per heavy atom. The number of hydrogen-bond acceptors (Lipinski definition) is 5. The minimum Gasteiger partial charge on any atom is -0.463 e. The van der Waals surface area contributed by atoms with Crippen LogP contribution in [0, 0.1) is 5.92 Å². The zero-order valence-corrected chi connectivity index (χ0v) is 18.6. The van der Waals surface area contributed by atoms with Crippen LogP contribution in [0.4, 0.5) is 0 Å². The molecule has 0 bridgehead atoms. The van der Waals surface area contributed by atoms with Gasteiger partial charge in [0.1, 0.15) is 6.61 Å². The van der Waals surface area contributed by atoms with Crippen LogP contribution in [-0.2, 0) is 19.1 Å². The molecule has 1 aromatic rings. The first-order valence-electron chi connectivity index (χ1n) is 11.6. The summed E-state index contributed by atoms with van der Waals surface area (Å²) < 4.78 is 5.45. The molecule has 1 fully saturated rings. The number of aliphatic hydroxyl groups is 1. The molecule has 0 aliphatic carbocycles. The number of amides is 2. The lowest BCUT2D eigenvalue weighted by Gasteiger charge is -2.26. The van der Waals surface area contributed by atoms with E-state index >= 15 is 0 Å². The van der Waals surface area contributed by atoms with Gasteiger partial charge in [-0.05, 0) is 44.1 Å². The molecule has 3 atom stereocenters. The van der Waals surface area contributed by atoms with Crippen molar-refractivity contribution in [1.29, 1.82) is 0 Å². The van der Waals surface area contributed by atoms with E-state index in [1.807, 2.05) is 42.5 Å². The third kappa shape index (κ3) is 6.92. The first kappa shape index (κ1) is 24.0. The molecule has 174 valence electrons. The molecule has 7 nitrogen and oxygen atoms in total. The van der Waals surface area contributed by atoms with E-state index in [0.29, 0.717) is 19.4 Å². The van der Waals surface area contributed by atoms with Crippen LogP contribution in [0.15, 0.2) is 42.5 Å². The molecule has 0 aromatic heterocycles. The van der Waals surface area contributed by atoms with Gasteiger partial charge in [0.15, 0.2) is 0 Å². The van der Waals surface area contributed by atoms with Gasteiger partial charge < -0.3 is 20.1 Å². The van der Waals surface area contributed by atoms with E-state index in [-0.39, 0.29) is 43.5 Å². The van der Waals surface area contributed by atoms with Crippen LogP contribution in [0.5, 0.6) is 0 Å². The second-order valence-corrected chi connectivity index (χ2v) is 8.57. The van der Waals surface area contributed by atoms with Crippen molar-refractivity contribution >= 4 is 17.8 Å². The molecular weight excluding hydrogens is 408 g/mol. The van der Waals surface area contributed by atoms with Crippen LogP contribution in [0.3, 0.4) is 0 Å². The predicted molar refractivity (Wildman–Crippen MR) is 120 cm³/mol. The average molecular weight is 443 g/mol. The van der Waals surface area contributed by atoms with E-state index in [1.54, 1.807) is 4.90 Å². The maximum absolute atomic E-state index is 13.2. The summed E-state index contributed by atoms with van der Waals surface area (Å²) in [6, 6.07) is 8.78. The standard InChI is InChI=1S/C25H34N2O5/c28-17-21-13-9-15-27(21)23(29)16-20-12-5-2-1-3-8-14-24(30)32-18-22(26-25(20)31)19-10-6-4-7-11-19/h2,4-7,10-11,20-22,28H,1,3,8-9,12-18H2,(H,26,31). The molecule has 0 saturated carbocycles. The number of hydrogen-bond donors (Lipinski definition) is 2. The zero-order valence-electron chi connectivity index (χ0n) is 18.6. The number of allylic oxidation sites excluding steroid dienone is 2. The van der Waals surface area contributed by atoms with Crippen molar-refractivity contribution in [3.05, 3.63) is 48.0 Å². The number of ether oxygens (including phenoxy) is 1. The van der Waals surface area contributed by atoms with E-state index in [4.69, 9.17) is 4.74 Å². The Balaban J connectivity index is 1.76. The van der Waals surface area contributed by atoms with Crippen molar-refractivity contribution < 1.29 is 24.2 Å². The third-order valence-corrected chi connectivity index (χ3v) is 6.22. The molecule has 3 rings (SSSR count). The highest BCUT2D eigenvalue weighted by atomic mass is 16.5. The maximum atomic E-state index is 13.2. The number of nitrogens with zero attached hydrogens (tertiary/aromatic N) is 1. The lowest BCUT2D eigenvalue weighted by atomic mass is 9.97. The SMILES string of the molecule is O=C1CCCCC=CCC(CC(=O)N2CCCC2CO)C(=O)NC(c2ccccc2)CO1. The monoisotopic (exact) mass is 442 g/mol. The first-order chi connectivity index (χ1) is 15.6. The highest BCUT2D eigenvalue weighted by molar-refractivity contribution is 5.86. The zero-order chi connectivity index (χ0) is 22.8. The average Bonchev–Trinajstić information content (AvgIpc) is 3.29.